The molecule has 4 rings (SSSR count). The average Bonchev–Trinajstić information content (AvgIpc) is 2.75. The highest BCUT2D eigenvalue weighted by Crippen LogP contribution is 2.38. The lowest BCUT2D eigenvalue weighted by Crippen LogP contribution is -2.39. The van der Waals surface area contributed by atoms with Crippen molar-refractivity contribution >= 4 is 45.4 Å². The summed E-state index contributed by atoms with van der Waals surface area (Å²) in [6.45, 7) is 0.622. The molecule has 1 unspecified atom stereocenters. The molecule has 0 saturated heterocycles. The SMILES string of the molecule is COc1ccc(CNc2cc3c(cn2)NC=NC3(N)c2ccc(Cl)c(Br)c2)cc1. The van der Waals surface area contributed by atoms with Crippen molar-refractivity contribution in [3.05, 3.63) is 80.9 Å². The topological polar surface area (TPSA) is 84.6 Å². The van der Waals surface area contributed by atoms with Crippen molar-refractivity contribution in [2.75, 3.05) is 17.7 Å². The van der Waals surface area contributed by atoms with Gasteiger partial charge in [-0.25, -0.2) is 9.98 Å². The average molecular weight is 473 g/mol. The molecule has 0 aliphatic carbocycles. The number of hydrogen-bond acceptors (Lipinski definition) is 6. The van der Waals surface area contributed by atoms with Gasteiger partial charge in [0.05, 0.1) is 30.4 Å². The zero-order chi connectivity index (χ0) is 20.4. The van der Waals surface area contributed by atoms with Crippen molar-refractivity contribution in [1.29, 1.82) is 0 Å². The molecule has 1 atom stereocenters. The molecule has 0 bridgehead atoms. The molecule has 148 valence electrons. The van der Waals surface area contributed by atoms with E-state index in [1.165, 1.54) is 0 Å². The smallest absolute Gasteiger partial charge is 0.163 e. The van der Waals surface area contributed by atoms with E-state index in [4.69, 9.17) is 22.1 Å². The number of anilines is 2. The number of pyridine rings is 1. The van der Waals surface area contributed by atoms with Crippen molar-refractivity contribution in [3.8, 4) is 5.75 Å². The molecule has 4 N–H and O–H groups in total. The molecular weight excluding hydrogens is 454 g/mol. The van der Waals surface area contributed by atoms with Crippen LogP contribution in [0.3, 0.4) is 0 Å². The molecule has 3 aromatic rings. The van der Waals surface area contributed by atoms with E-state index in [2.05, 4.69) is 36.5 Å². The molecule has 0 amide bonds. The number of methoxy groups -OCH3 is 1. The summed E-state index contributed by atoms with van der Waals surface area (Å²) < 4.78 is 5.96. The normalized spacial score (nSPS) is 17.4. The van der Waals surface area contributed by atoms with Gasteiger partial charge in [-0.3, -0.25) is 5.73 Å². The summed E-state index contributed by atoms with van der Waals surface area (Å²) in [7, 11) is 1.65. The number of hydrogen-bond donors (Lipinski definition) is 3. The number of ether oxygens (including phenoxy) is 1. The second-order valence-corrected chi connectivity index (χ2v) is 7.88. The summed E-state index contributed by atoms with van der Waals surface area (Å²) in [6, 6.07) is 15.4. The predicted octanol–water partition coefficient (Wildman–Crippen LogP) is 4.73. The Hall–Kier alpha value is -2.61. The van der Waals surface area contributed by atoms with E-state index < -0.39 is 5.66 Å². The fourth-order valence-electron chi connectivity index (χ4n) is 3.15. The van der Waals surface area contributed by atoms with Gasteiger partial charge >= 0.3 is 0 Å². The van der Waals surface area contributed by atoms with Crippen LogP contribution in [0.15, 0.2) is 64.2 Å². The van der Waals surface area contributed by atoms with Gasteiger partial charge in [-0.05, 0) is 57.4 Å². The van der Waals surface area contributed by atoms with Crippen LogP contribution in [0, 0.1) is 0 Å². The third kappa shape index (κ3) is 3.94. The predicted molar refractivity (Wildman–Crippen MR) is 121 cm³/mol. The van der Waals surface area contributed by atoms with Gasteiger partial charge in [0.1, 0.15) is 11.6 Å². The van der Waals surface area contributed by atoms with Gasteiger partial charge in [-0.1, -0.05) is 29.8 Å². The minimum atomic E-state index is -1.05. The molecule has 0 spiro atoms. The van der Waals surface area contributed by atoms with E-state index in [9.17, 15) is 0 Å². The molecule has 1 aliphatic rings. The van der Waals surface area contributed by atoms with E-state index in [-0.39, 0.29) is 0 Å². The summed E-state index contributed by atoms with van der Waals surface area (Å²) in [5, 5.41) is 7.07. The molecule has 0 fully saturated rings. The standard InChI is InChI=1S/C21H19BrClN5O/c1-29-15-5-2-13(3-6-15)10-25-20-9-16-19(11-26-20)27-12-28-21(16,24)14-4-7-18(23)17(22)8-14/h2-9,11-12H,10,24H2,1H3,(H,25,26)(H,27,28). The lowest BCUT2D eigenvalue weighted by atomic mass is 9.91. The van der Waals surface area contributed by atoms with E-state index in [0.29, 0.717) is 17.4 Å². The van der Waals surface area contributed by atoms with E-state index >= 15 is 0 Å². The van der Waals surface area contributed by atoms with Gasteiger partial charge in [0.25, 0.3) is 0 Å². The Balaban J connectivity index is 1.62. The Morgan fingerprint density at radius 1 is 1.21 bits per heavy atom. The first-order chi connectivity index (χ1) is 14.0. The molecule has 0 saturated carbocycles. The Morgan fingerprint density at radius 2 is 2.00 bits per heavy atom. The monoisotopic (exact) mass is 471 g/mol. The first-order valence-corrected chi connectivity index (χ1v) is 10.1. The number of nitrogens with one attached hydrogen (secondary N) is 2. The minimum Gasteiger partial charge on any atom is -0.497 e. The fraction of sp³-hybridized carbons (Fsp3) is 0.143. The van der Waals surface area contributed by atoms with Gasteiger partial charge < -0.3 is 15.4 Å². The van der Waals surface area contributed by atoms with Gasteiger partial charge in [0.15, 0.2) is 5.66 Å². The van der Waals surface area contributed by atoms with E-state index in [1.54, 1.807) is 25.7 Å². The van der Waals surface area contributed by atoms with Crippen molar-refractivity contribution in [2.24, 2.45) is 10.7 Å². The van der Waals surface area contributed by atoms with E-state index in [0.717, 1.165) is 32.6 Å². The third-order valence-corrected chi connectivity index (χ3v) is 6.01. The first-order valence-electron chi connectivity index (χ1n) is 8.91. The lowest BCUT2D eigenvalue weighted by molar-refractivity contribution is 0.414. The minimum absolute atomic E-state index is 0.618. The molecule has 1 aliphatic heterocycles. The maximum atomic E-state index is 6.75. The third-order valence-electron chi connectivity index (χ3n) is 4.80. The van der Waals surface area contributed by atoms with Crippen LogP contribution < -0.4 is 21.1 Å². The Morgan fingerprint density at radius 3 is 2.72 bits per heavy atom. The number of halogens is 2. The second kappa shape index (κ2) is 8.02. The van der Waals surface area contributed by atoms with Crippen LogP contribution in [-0.4, -0.2) is 18.4 Å². The van der Waals surface area contributed by atoms with Crippen LogP contribution in [0.25, 0.3) is 0 Å². The summed E-state index contributed by atoms with van der Waals surface area (Å²) in [4.78, 5) is 9.02. The molecule has 0 radical (unpaired) electrons. The number of nitrogens with two attached hydrogens (primary N) is 1. The molecule has 2 aromatic carbocycles. The van der Waals surface area contributed by atoms with Gasteiger partial charge in [0.2, 0.25) is 0 Å². The molecule has 8 heteroatoms. The van der Waals surface area contributed by atoms with Crippen molar-refractivity contribution in [1.82, 2.24) is 4.98 Å². The zero-order valence-electron chi connectivity index (χ0n) is 15.6. The number of fused-ring (bicyclic) bond motifs is 1. The van der Waals surface area contributed by atoms with Gasteiger partial charge in [-0.15, -0.1) is 0 Å². The molecular formula is C21H19BrClN5O. The summed E-state index contributed by atoms with van der Waals surface area (Å²) >= 11 is 9.61. The number of aromatic nitrogens is 1. The van der Waals surface area contributed by atoms with Crippen LogP contribution in [0.1, 0.15) is 16.7 Å². The highest BCUT2D eigenvalue weighted by molar-refractivity contribution is 9.10. The number of benzene rings is 2. The van der Waals surface area contributed by atoms with Gasteiger partial charge in [0, 0.05) is 16.6 Å². The van der Waals surface area contributed by atoms with Crippen LogP contribution in [0.2, 0.25) is 5.02 Å². The number of rotatable bonds is 5. The summed E-state index contributed by atoms with van der Waals surface area (Å²) in [5.74, 6) is 1.54. The Labute approximate surface area is 182 Å². The lowest BCUT2D eigenvalue weighted by Gasteiger charge is -2.31. The maximum Gasteiger partial charge on any atom is 0.163 e. The number of aliphatic imine (C=N–C) groups is 1. The first kappa shape index (κ1) is 19.7. The Bertz CT molecular complexity index is 1070. The van der Waals surface area contributed by atoms with Gasteiger partial charge in [-0.2, -0.15) is 0 Å². The van der Waals surface area contributed by atoms with Crippen molar-refractivity contribution in [3.63, 3.8) is 0 Å². The summed E-state index contributed by atoms with van der Waals surface area (Å²) in [6.07, 6.45) is 3.35. The van der Waals surface area contributed by atoms with Crippen LogP contribution in [-0.2, 0) is 12.2 Å². The van der Waals surface area contributed by atoms with Crippen molar-refractivity contribution < 1.29 is 4.74 Å². The maximum absolute atomic E-state index is 6.75. The van der Waals surface area contributed by atoms with Crippen LogP contribution in [0.5, 0.6) is 5.75 Å². The van der Waals surface area contributed by atoms with E-state index in [1.807, 2.05) is 42.5 Å². The molecule has 29 heavy (non-hydrogen) atoms. The fourth-order valence-corrected chi connectivity index (χ4v) is 3.65. The molecule has 1 aromatic heterocycles. The second-order valence-electron chi connectivity index (χ2n) is 6.61. The van der Waals surface area contributed by atoms with Crippen LogP contribution in [0.4, 0.5) is 11.5 Å². The highest BCUT2D eigenvalue weighted by Gasteiger charge is 2.34. The quantitative estimate of drug-likeness (QED) is 0.500. The van der Waals surface area contributed by atoms with Crippen molar-refractivity contribution in [2.45, 2.75) is 12.2 Å². The largest absolute Gasteiger partial charge is 0.497 e. The Kier molecular flexibility index (Phi) is 5.45. The zero-order valence-corrected chi connectivity index (χ0v) is 18.0. The van der Waals surface area contributed by atoms with Crippen LogP contribution >= 0.6 is 27.5 Å². The summed E-state index contributed by atoms with van der Waals surface area (Å²) in [5.41, 5.74) is 9.26. The molecule has 6 nitrogen and oxygen atoms in total. The number of nitrogens with zero attached hydrogens (tertiary/aromatic N) is 2. The highest BCUT2D eigenvalue weighted by atomic mass is 79.9. The molecule has 2 heterocycles.